The molecular formula is C18H26N4. The number of rotatable bonds is 7. The predicted octanol–water partition coefficient (Wildman–Crippen LogP) is 2.92. The summed E-state index contributed by atoms with van der Waals surface area (Å²) in [6, 6.07) is 10.8. The molecule has 1 atom stereocenters. The molecule has 1 N–H and O–H groups in total. The normalized spacial score (nSPS) is 17.5. The number of aryl methyl sites for hydroxylation is 1. The summed E-state index contributed by atoms with van der Waals surface area (Å²) >= 11 is 0. The standard InChI is InChI=1S/C18H26N4/c1-2-5-16(6-3-1)7-4-8-18(13-22-15-20-14-21-22)17-9-11-19-12-10-17/h1-3,5-6,14-15,17-19H,4,7-13H2. The van der Waals surface area contributed by atoms with Crippen LogP contribution >= 0.6 is 0 Å². The molecule has 1 aromatic carbocycles. The van der Waals surface area contributed by atoms with Crippen LogP contribution in [0, 0.1) is 11.8 Å². The Bertz CT molecular complexity index is 517. The minimum atomic E-state index is 0.715. The van der Waals surface area contributed by atoms with Crippen molar-refractivity contribution in [2.24, 2.45) is 11.8 Å². The van der Waals surface area contributed by atoms with Crippen LogP contribution in [0.1, 0.15) is 31.2 Å². The van der Waals surface area contributed by atoms with E-state index >= 15 is 0 Å². The fourth-order valence-electron chi connectivity index (χ4n) is 3.57. The molecule has 1 aliphatic heterocycles. The molecule has 118 valence electrons. The molecule has 0 spiro atoms. The van der Waals surface area contributed by atoms with Gasteiger partial charge >= 0.3 is 0 Å². The Balaban J connectivity index is 1.55. The molecule has 2 aromatic rings. The lowest BCUT2D eigenvalue weighted by atomic mass is 9.81. The van der Waals surface area contributed by atoms with Crippen LogP contribution in [0.2, 0.25) is 0 Å². The lowest BCUT2D eigenvalue weighted by Gasteiger charge is -2.30. The largest absolute Gasteiger partial charge is 0.317 e. The quantitative estimate of drug-likeness (QED) is 0.854. The van der Waals surface area contributed by atoms with Gasteiger partial charge in [-0.05, 0) is 62.6 Å². The van der Waals surface area contributed by atoms with Crippen LogP contribution in [0.3, 0.4) is 0 Å². The van der Waals surface area contributed by atoms with E-state index in [2.05, 4.69) is 45.7 Å². The van der Waals surface area contributed by atoms with Gasteiger partial charge in [-0.25, -0.2) is 4.98 Å². The van der Waals surface area contributed by atoms with Crippen LogP contribution in [-0.4, -0.2) is 27.9 Å². The van der Waals surface area contributed by atoms with Gasteiger partial charge in [-0.1, -0.05) is 30.3 Å². The number of aromatic nitrogens is 3. The van der Waals surface area contributed by atoms with Gasteiger partial charge in [-0.3, -0.25) is 4.68 Å². The Morgan fingerprint density at radius 3 is 2.73 bits per heavy atom. The zero-order valence-electron chi connectivity index (χ0n) is 13.2. The van der Waals surface area contributed by atoms with Gasteiger partial charge in [0.1, 0.15) is 12.7 Å². The topological polar surface area (TPSA) is 42.7 Å². The molecule has 1 fully saturated rings. The summed E-state index contributed by atoms with van der Waals surface area (Å²) in [7, 11) is 0. The summed E-state index contributed by atoms with van der Waals surface area (Å²) in [6.45, 7) is 3.34. The molecule has 4 heteroatoms. The third kappa shape index (κ3) is 4.41. The highest BCUT2D eigenvalue weighted by molar-refractivity contribution is 5.14. The first kappa shape index (κ1) is 15.2. The summed E-state index contributed by atoms with van der Waals surface area (Å²) in [6.07, 6.45) is 9.80. The number of benzene rings is 1. The maximum atomic E-state index is 4.31. The van der Waals surface area contributed by atoms with Gasteiger partial charge in [0.05, 0.1) is 0 Å². The van der Waals surface area contributed by atoms with E-state index in [0.717, 1.165) is 25.6 Å². The first-order valence-corrected chi connectivity index (χ1v) is 8.49. The van der Waals surface area contributed by atoms with E-state index in [9.17, 15) is 0 Å². The Morgan fingerprint density at radius 2 is 2.00 bits per heavy atom. The van der Waals surface area contributed by atoms with Gasteiger partial charge in [-0.15, -0.1) is 0 Å². The van der Waals surface area contributed by atoms with E-state index in [1.807, 2.05) is 11.0 Å². The lowest BCUT2D eigenvalue weighted by Crippen LogP contribution is -2.33. The van der Waals surface area contributed by atoms with Crippen molar-refractivity contribution < 1.29 is 0 Å². The van der Waals surface area contributed by atoms with Crippen molar-refractivity contribution in [3.8, 4) is 0 Å². The van der Waals surface area contributed by atoms with E-state index in [0.29, 0.717) is 5.92 Å². The van der Waals surface area contributed by atoms with Crippen LogP contribution in [0.15, 0.2) is 43.0 Å². The SMILES string of the molecule is c1ccc(CCCC(Cn2cncn2)C2CCNCC2)cc1. The number of nitrogens with zero attached hydrogens (tertiary/aromatic N) is 3. The minimum absolute atomic E-state index is 0.715. The third-order valence-electron chi connectivity index (χ3n) is 4.82. The van der Waals surface area contributed by atoms with Crippen molar-refractivity contribution in [3.05, 3.63) is 48.5 Å². The van der Waals surface area contributed by atoms with E-state index < -0.39 is 0 Å². The van der Waals surface area contributed by atoms with Crippen LogP contribution < -0.4 is 5.32 Å². The van der Waals surface area contributed by atoms with Gasteiger partial charge in [0.2, 0.25) is 0 Å². The Kier molecular flexibility index (Phi) is 5.59. The number of hydrogen-bond donors (Lipinski definition) is 1. The van der Waals surface area contributed by atoms with E-state index in [1.54, 1.807) is 6.33 Å². The molecule has 1 saturated heterocycles. The molecule has 0 radical (unpaired) electrons. The van der Waals surface area contributed by atoms with E-state index in [1.165, 1.54) is 37.7 Å². The average Bonchev–Trinajstić information content (AvgIpc) is 3.09. The van der Waals surface area contributed by atoms with Crippen molar-refractivity contribution in [3.63, 3.8) is 0 Å². The summed E-state index contributed by atoms with van der Waals surface area (Å²) < 4.78 is 2.01. The Labute approximate surface area is 133 Å². The molecule has 0 saturated carbocycles. The monoisotopic (exact) mass is 298 g/mol. The molecule has 2 heterocycles. The second-order valence-corrected chi connectivity index (χ2v) is 6.34. The Hall–Kier alpha value is -1.68. The van der Waals surface area contributed by atoms with Crippen molar-refractivity contribution in [2.45, 2.75) is 38.6 Å². The molecule has 0 bridgehead atoms. The van der Waals surface area contributed by atoms with Crippen molar-refractivity contribution in [2.75, 3.05) is 13.1 Å². The van der Waals surface area contributed by atoms with Crippen LogP contribution in [0.5, 0.6) is 0 Å². The predicted molar refractivity (Wildman–Crippen MR) is 88.5 cm³/mol. The number of nitrogens with one attached hydrogen (secondary N) is 1. The highest BCUT2D eigenvalue weighted by Crippen LogP contribution is 2.28. The van der Waals surface area contributed by atoms with Crippen LogP contribution in [0.25, 0.3) is 0 Å². The van der Waals surface area contributed by atoms with Gasteiger partial charge in [-0.2, -0.15) is 5.10 Å². The van der Waals surface area contributed by atoms with Gasteiger partial charge in [0, 0.05) is 6.54 Å². The minimum Gasteiger partial charge on any atom is -0.317 e. The van der Waals surface area contributed by atoms with Crippen molar-refractivity contribution >= 4 is 0 Å². The second kappa shape index (κ2) is 8.08. The number of piperidine rings is 1. The Morgan fingerprint density at radius 1 is 1.18 bits per heavy atom. The smallest absolute Gasteiger partial charge is 0.137 e. The summed E-state index contributed by atoms with van der Waals surface area (Å²) in [5.41, 5.74) is 1.45. The van der Waals surface area contributed by atoms with Crippen LogP contribution in [0.4, 0.5) is 0 Å². The molecule has 3 rings (SSSR count). The zero-order chi connectivity index (χ0) is 15.0. The van der Waals surface area contributed by atoms with Crippen LogP contribution in [-0.2, 0) is 13.0 Å². The lowest BCUT2D eigenvalue weighted by molar-refractivity contribution is 0.213. The van der Waals surface area contributed by atoms with Gasteiger partial charge < -0.3 is 5.32 Å². The molecule has 4 nitrogen and oxygen atoms in total. The molecular weight excluding hydrogens is 272 g/mol. The zero-order valence-corrected chi connectivity index (χ0v) is 13.2. The fraction of sp³-hybridized carbons (Fsp3) is 0.556. The molecule has 0 amide bonds. The summed E-state index contributed by atoms with van der Waals surface area (Å²) in [5, 5.41) is 7.78. The maximum Gasteiger partial charge on any atom is 0.137 e. The molecule has 22 heavy (non-hydrogen) atoms. The third-order valence-corrected chi connectivity index (χ3v) is 4.82. The molecule has 1 unspecified atom stereocenters. The van der Waals surface area contributed by atoms with Gasteiger partial charge in [0.15, 0.2) is 0 Å². The summed E-state index contributed by atoms with van der Waals surface area (Å²) in [5.74, 6) is 1.54. The highest BCUT2D eigenvalue weighted by atomic mass is 15.3. The van der Waals surface area contributed by atoms with Crippen molar-refractivity contribution in [1.82, 2.24) is 20.1 Å². The molecule has 1 aromatic heterocycles. The summed E-state index contributed by atoms with van der Waals surface area (Å²) in [4.78, 5) is 4.09. The van der Waals surface area contributed by atoms with E-state index in [-0.39, 0.29) is 0 Å². The second-order valence-electron chi connectivity index (χ2n) is 6.34. The maximum absolute atomic E-state index is 4.31. The first-order chi connectivity index (χ1) is 10.9. The van der Waals surface area contributed by atoms with Crippen molar-refractivity contribution in [1.29, 1.82) is 0 Å². The first-order valence-electron chi connectivity index (χ1n) is 8.49. The van der Waals surface area contributed by atoms with E-state index in [4.69, 9.17) is 0 Å². The number of hydrogen-bond acceptors (Lipinski definition) is 3. The fourth-order valence-corrected chi connectivity index (χ4v) is 3.57. The van der Waals surface area contributed by atoms with Gasteiger partial charge in [0.25, 0.3) is 0 Å². The molecule has 1 aliphatic rings. The average molecular weight is 298 g/mol. The molecule has 0 aliphatic carbocycles. The highest BCUT2D eigenvalue weighted by Gasteiger charge is 2.23.